The lowest BCUT2D eigenvalue weighted by atomic mass is 10.0. The number of phenolic OH excluding ortho intramolecular Hbond substituents is 1. The van der Waals surface area contributed by atoms with E-state index >= 15 is 0 Å². The highest BCUT2D eigenvalue weighted by Gasteiger charge is 2.12. The van der Waals surface area contributed by atoms with Crippen LogP contribution in [0.4, 0.5) is 0 Å². The van der Waals surface area contributed by atoms with Crippen LogP contribution in [0.1, 0.15) is 36.7 Å². The van der Waals surface area contributed by atoms with Crippen molar-refractivity contribution < 1.29 is 14.6 Å². The Morgan fingerprint density at radius 1 is 1.40 bits per heavy atom. The largest absolute Gasteiger partial charge is 0.508 e. The standard InChI is InChI=1S/C12H16O3/c1-4-10-11(8(3)13)6-9(15-5-2)7-12(10)14/h6-7,14H,4-5H2,1-3H3. The molecule has 3 nitrogen and oxygen atoms in total. The Bertz CT molecular complexity index is 369. The van der Waals surface area contributed by atoms with Crippen molar-refractivity contribution in [3.63, 3.8) is 0 Å². The minimum absolute atomic E-state index is 0.0521. The third-order valence-corrected chi connectivity index (χ3v) is 2.24. The Hall–Kier alpha value is -1.51. The number of benzene rings is 1. The molecule has 0 spiro atoms. The van der Waals surface area contributed by atoms with Crippen LogP contribution in [0.5, 0.6) is 11.5 Å². The second kappa shape index (κ2) is 4.82. The average Bonchev–Trinajstić information content (AvgIpc) is 2.17. The van der Waals surface area contributed by atoms with E-state index in [2.05, 4.69) is 0 Å². The predicted molar refractivity (Wildman–Crippen MR) is 58.7 cm³/mol. The van der Waals surface area contributed by atoms with Crippen molar-refractivity contribution in [1.29, 1.82) is 0 Å². The van der Waals surface area contributed by atoms with Gasteiger partial charge in [-0.15, -0.1) is 0 Å². The Labute approximate surface area is 89.7 Å². The summed E-state index contributed by atoms with van der Waals surface area (Å²) in [5.74, 6) is 0.620. The van der Waals surface area contributed by atoms with Crippen molar-refractivity contribution in [1.82, 2.24) is 0 Å². The van der Waals surface area contributed by atoms with Crippen LogP contribution in [-0.2, 0) is 6.42 Å². The van der Waals surface area contributed by atoms with Gasteiger partial charge in [-0.2, -0.15) is 0 Å². The maximum absolute atomic E-state index is 11.4. The van der Waals surface area contributed by atoms with E-state index in [4.69, 9.17) is 4.74 Å². The van der Waals surface area contributed by atoms with Gasteiger partial charge in [0.15, 0.2) is 5.78 Å². The topological polar surface area (TPSA) is 46.5 Å². The van der Waals surface area contributed by atoms with Gasteiger partial charge in [0.2, 0.25) is 0 Å². The van der Waals surface area contributed by atoms with E-state index in [1.54, 1.807) is 12.1 Å². The molecule has 0 radical (unpaired) electrons. The van der Waals surface area contributed by atoms with Gasteiger partial charge in [-0.1, -0.05) is 6.92 Å². The zero-order chi connectivity index (χ0) is 11.4. The molecule has 1 aromatic rings. The fourth-order valence-corrected chi connectivity index (χ4v) is 1.57. The minimum Gasteiger partial charge on any atom is -0.508 e. The summed E-state index contributed by atoms with van der Waals surface area (Å²) in [5.41, 5.74) is 1.23. The number of carbonyl (C=O) groups excluding carboxylic acids is 1. The molecule has 1 rings (SSSR count). The highest BCUT2D eigenvalue weighted by atomic mass is 16.5. The van der Waals surface area contributed by atoms with Crippen LogP contribution in [0.25, 0.3) is 0 Å². The Balaban J connectivity index is 3.25. The molecule has 82 valence electrons. The predicted octanol–water partition coefficient (Wildman–Crippen LogP) is 2.56. The lowest BCUT2D eigenvalue weighted by molar-refractivity contribution is 0.101. The molecule has 0 aliphatic heterocycles. The quantitative estimate of drug-likeness (QED) is 0.773. The smallest absolute Gasteiger partial charge is 0.160 e. The molecule has 0 saturated heterocycles. The summed E-state index contributed by atoms with van der Waals surface area (Å²) in [4.78, 5) is 11.4. The van der Waals surface area contributed by atoms with Crippen LogP contribution >= 0.6 is 0 Å². The van der Waals surface area contributed by atoms with E-state index in [9.17, 15) is 9.90 Å². The average molecular weight is 208 g/mol. The van der Waals surface area contributed by atoms with Gasteiger partial charge in [0.05, 0.1) is 6.61 Å². The second-order valence-corrected chi connectivity index (χ2v) is 3.31. The van der Waals surface area contributed by atoms with E-state index in [-0.39, 0.29) is 11.5 Å². The van der Waals surface area contributed by atoms with E-state index in [0.29, 0.717) is 29.9 Å². The lowest BCUT2D eigenvalue weighted by Crippen LogP contribution is -2.01. The van der Waals surface area contributed by atoms with Crippen LogP contribution in [0.15, 0.2) is 12.1 Å². The van der Waals surface area contributed by atoms with Gasteiger partial charge < -0.3 is 9.84 Å². The maximum atomic E-state index is 11.4. The van der Waals surface area contributed by atoms with E-state index < -0.39 is 0 Å². The molecule has 0 bridgehead atoms. The normalized spacial score (nSPS) is 10.1. The van der Waals surface area contributed by atoms with E-state index in [1.807, 2.05) is 13.8 Å². The molecule has 3 heteroatoms. The van der Waals surface area contributed by atoms with E-state index in [1.165, 1.54) is 6.92 Å². The molecule has 0 unspecified atom stereocenters. The summed E-state index contributed by atoms with van der Waals surface area (Å²) in [6.45, 7) is 5.77. The van der Waals surface area contributed by atoms with Crippen molar-refractivity contribution >= 4 is 5.78 Å². The fourth-order valence-electron chi connectivity index (χ4n) is 1.57. The third-order valence-electron chi connectivity index (χ3n) is 2.24. The number of ketones is 1. The Morgan fingerprint density at radius 3 is 2.53 bits per heavy atom. The van der Waals surface area contributed by atoms with Gasteiger partial charge >= 0.3 is 0 Å². The van der Waals surface area contributed by atoms with Crippen LogP contribution in [0, 0.1) is 0 Å². The van der Waals surface area contributed by atoms with E-state index in [0.717, 1.165) is 0 Å². The number of carbonyl (C=O) groups is 1. The number of phenols is 1. The first-order valence-corrected chi connectivity index (χ1v) is 5.09. The number of aromatic hydroxyl groups is 1. The summed E-state index contributed by atoms with van der Waals surface area (Å²) < 4.78 is 5.26. The maximum Gasteiger partial charge on any atom is 0.160 e. The highest BCUT2D eigenvalue weighted by molar-refractivity contribution is 5.96. The monoisotopic (exact) mass is 208 g/mol. The van der Waals surface area contributed by atoms with Gasteiger partial charge in [-0.05, 0) is 26.3 Å². The second-order valence-electron chi connectivity index (χ2n) is 3.31. The number of hydrogen-bond donors (Lipinski definition) is 1. The molecule has 1 N–H and O–H groups in total. The third kappa shape index (κ3) is 2.49. The minimum atomic E-state index is -0.0521. The van der Waals surface area contributed by atoms with Gasteiger partial charge in [0.1, 0.15) is 11.5 Å². The molecular formula is C12H16O3. The molecule has 0 aromatic heterocycles. The molecule has 0 fully saturated rings. The highest BCUT2D eigenvalue weighted by Crippen LogP contribution is 2.28. The van der Waals surface area contributed by atoms with Crippen LogP contribution < -0.4 is 4.74 Å². The van der Waals surface area contributed by atoms with Crippen molar-refractivity contribution in [3.8, 4) is 11.5 Å². The van der Waals surface area contributed by atoms with Gasteiger partial charge in [-0.25, -0.2) is 0 Å². The summed E-state index contributed by atoms with van der Waals surface area (Å²) in [6, 6.07) is 3.24. The van der Waals surface area contributed by atoms with Crippen molar-refractivity contribution in [2.45, 2.75) is 27.2 Å². The number of hydrogen-bond acceptors (Lipinski definition) is 3. The summed E-state index contributed by atoms with van der Waals surface area (Å²) in [5, 5.41) is 9.72. The van der Waals surface area contributed by atoms with Crippen LogP contribution in [0.2, 0.25) is 0 Å². The summed E-state index contributed by atoms with van der Waals surface area (Å²) >= 11 is 0. The fraction of sp³-hybridized carbons (Fsp3) is 0.417. The number of rotatable bonds is 4. The molecular weight excluding hydrogens is 192 g/mol. The summed E-state index contributed by atoms with van der Waals surface area (Å²) in [6.07, 6.45) is 0.632. The molecule has 1 aromatic carbocycles. The van der Waals surface area contributed by atoms with Crippen molar-refractivity contribution in [3.05, 3.63) is 23.3 Å². The first-order valence-electron chi connectivity index (χ1n) is 5.09. The van der Waals surface area contributed by atoms with Crippen molar-refractivity contribution in [2.75, 3.05) is 6.61 Å². The first-order chi connectivity index (χ1) is 7.10. The Kier molecular flexibility index (Phi) is 3.72. The SMILES string of the molecule is CCOc1cc(O)c(CC)c(C(C)=O)c1. The molecule has 0 amide bonds. The number of Topliss-reactive ketones (excluding diaryl/α,β-unsaturated/α-hetero) is 1. The molecule has 0 aliphatic rings. The lowest BCUT2D eigenvalue weighted by Gasteiger charge is -2.10. The Morgan fingerprint density at radius 2 is 2.07 bits per heavy atom. The summed E-state index contributed by atoms with van der Waals surface area (Å²) in [7, 11) is 0. The number of ether oxygens (including phenoxy) is 1. The van der Waals surface area contributed by atoms with Crippen LogP contribution in [0.3, 0.4) is 0 Å². The zero-order valence-corrected chi connectivity index (χ0v) is 9.33. The van der Waals surface area contributed by atoms with Gasteiger partial charge in [0.25, 0.3) is 0 Å². The van der Waals surface area contributed by atoms with Gasteiger partial charge in [-0.3, -0.25) is 4.79 Å². The molecule has 0 aliphatic carbocycles. The molecule has 0 heterocycles. The molecule has 0 saturated carbocycles. The molecule has 0 atom stereocenters. The molecule has 15 heavy (non-hydrogen) atoms. The zero-order valence-electron chi connectivity index (χ0n) is 9.33. The van der Waals surface area contributed by atoms with Crippen LogP contribution in [-0.4, -0.2) is 17.5 Å². The van der Waals surface area contributed by atoms with Crippen molar-refractivity contribution in [2.24, 2.45) is 0 Å². The van der Waals surface area contributed by atoms with Gasteiger partial charge in [0, 0.05) is 17.2 Å². The first kappa shape index (κ1) is 11.6.